The van der Waals surface area contributed by atoms with Gasteiger partial charge in [-0.15, -0.1) is 0 Å². The zero-order valence-electron chi connectivity index (χ0n) is 21.2. The standard InChI is InChI=1S/C32H30.C2H6/c1-4-9-25(5-2)29-12-7-14-31(22-29)32-15-8-13-30(23-32)28-20-18-27(19-21-28)26-11-6-10-24(3)16-17-26;1-2/h4-9,11-23H,10H2,1-3H3;1-2H3/b9-4-,25-5+;. The highest BCUT2D eigenvalue weighted by Gasteiger charge is 2.06. The van der Waals surface area contributed by atoms with Crippen LogP contribution in [0.15, 0.2) is 121 Å². The highest BCUT2D eigenvalue weighted by atomic mass is 14.1. The van der Waals surface area contributed by atoms with Gasteiger partial charge in [0.15, 0.2) is 0 Å². The Bertz CT molecular complexity index is 1240. The molecule has 0 bridgehead atoms. The molecule has 0 unspecified atom stereocenters. The van der Waals surface area contributed by atoms with E-state index in [2.05, 4.69) is 136 Å². The van der Waals surface area contributed by atoms with Crippen LogP contribution in [0.2, 0.25) is 0 Å². The highest BCUT2D eigenvalue weighted by Crippen LogP contribution is 2.30. The van der Waals surface area contributed by atoms with Crippen molar-refractivity contribution >= 4 is 11.1 Å². The van der Waals surface area contributed by atoms with Crippen LogP contribution in [-0.4, -0.2) is 0 Å². The minimum atomic E-state index is 1.02. The summed E-state index contributed by atoms with van der Waals surface area (Å²) in [6.45, 7) is 10.3. The second-order valence-corrected chi connectivity index (χ2v) is 8.22. The average molecular weight is 445 g/mol. The fourth-order valence-electron chi connectivity index (χ4n) is 4.07. The maximum absolute atomic E-state index is 2.29. The fourth-order valence-corrected chi connectivity index (χ4v) is 4.07. The molecule has 0 atom stereocenters. The van der Waals surface area contributed by atoms with Crippen LogP contribution >= 0.6 is 0 Å². The summed E-state index contributed by atoms with van der Waals surface area (Å²) in [7, 11) is 0. The van der Waals surface area contributed by atoms with Gasteiger partial charge < -0.3 is 0 Å². The topological polar surface area (TPSA) is 0 Å². The molecule has 0 heteroatoms. The van der Waals surface area contributed by atoms with Crippen LogP contribution in [0, 0.1) is 0 Å². The zero-order chi connectivity index (χ0) is 24.3. The first-order chi connectivity index (χ1) is 16.7. The van der Waals surface area contributed by atoms with Crippen LogP contribution in [-0.2, 0) is 0 Å². The van der Waals surface area contributed by atoms with E-state index in [0.717, 1.165) is 6.42 Å². The van der Waals surface area contributed by atoms with E-state index in [4.69, 9.17) is 0 Å². The van der Waals surface area contributed by atoms with Crippen molar-refractivity contribution in [1.82, 2.24) is 0 Å². The van der Waals surface area contributed by atoms with Gasteiger partial charge in [-0.1, -0.05) is 123 Å². The zero-order valence-corrected chi connectivity index (χ0v) is 21.2. The van der Waals surface area contributed by atoms with Crippen LogP contribution in [0.4, 0.5) is 0 Å². The lowest BCUT2D eigenvalue weighted by molar-refractivity contribution is 1.22. The van der Waals surface area contributed by atoms with Crippen molar-refractivity contribution in [3.63, 3.8) is 0 Å². The van der Waals surface area contributed by atoms with Gasteiger partial charge in [0.25, 0.3) is 0 Å². The van der Waals surface area contributed by atoms with E-state index in [0.29, 0.717) is 0 Å². The van der Waals surface area contributed by atoms with Gasteiger partial charge in [0.2, 0.25) is 0 Å². The van der Waals surface area contributed by atoms with E-state index in [9.17, 15) is 0 Å². The lowest BCUT2D eigenvalue weighted by atomic mass is 9.95. The Morgan fingerprint density at radius 1 is 0.706 bits per heavy atom. The van der Waals surface area contributed by atoms with Crippen molar-refractivity contribution in [3.05, 3.63) is 132 Å². The average Bonchev–Trinajstić information content (AvgIpc) is 3.13. The molecule has 0 N–H and O–H groups in total. The Hall–Kier alpha value is -3.64. The van der Waals surface area contributed by atoms with Crippen LogP contribution in [0.5, 0.6) is 0 Å². The summed E-state index contributed by atoms with van der Waals surface area (Å²) in [4.78, 5) is 0. The second-order valence-electron chi connectivity index (χ2n) is 8.22. The van der Waals surface area contributed by atoms with Crippen LogP contribution in [0.1, 0.15) is 52.2 Å². The third-order valence-corrected chi connectivity index (χ3v) is 5.89. The minimum absolute atomic E-state index is 1.02. The molecule has 34 heavy (non-hydrogen) atoms. The molecule has 0 radical (unpaired) electrons. The number of benzene rings is 3. The molecular weight excluding hydrogens is 408 g/mol. The van der Waals surface area contributed by atoms with Crippen molar-refractivity contribution in [3.8, 4) is 22.3 Å². The van der Waals surface area contributed by atoms with Crippen molar-refractivity contribution in [2.75, 3.05) is 0 Å². The van der Waals surface area contributed by atoms with Gasteiger partial charge in [0.1, 0.15) is 0 Å². The third-order valence-electron chi connectivity index (χ3n) is 5.89. The molecule has 172 valence electrons. The maximum Gasteiger partial charge on any atom is -0.0135 e. The van der Waals surface area contributed by atoms with Crippen molar-refractivity contribution in [2.24, 2.45) is 0 Å². The molecule has 0 heterocycles. The minimum Gasteiger partial charge on any atom is -0.0871 e. The Kier molecular flexibility index (Phi) is 9.23. The monoisotopic (exact) mass is 444 g/mol. The maximum atomic E-state index is 2.29. The number of hydrogen-bond donors (Lipinski definition) is 0. The largest absolute Gasteiger partial charge is 0.0871 e. The van der Waals surface area contributed by atoms with Gasteiger partial charge in [-0.3, -0.25) is 0 Å². The Balaban J connectivity index is 0.00000158. The summed E-state index contributed by atoms with van der Waals surface area (Å²) < 4.78 is 0. The molecule has 3 aromatic rings. The van der Waals surface area contributed by atoms with E-state index in [1.54, 1.807) is 0 Å². The highest BCUT2D eigenvalue weighted by molar-refractivity contribution is 5.81. The molecule has 0 aliphatic heterocycles. The van der Waals surface area contributed by atoms with Gasteiger partial charge in [-0.2, -0.15) is 0 Å². The molecule has 0 amide bonds. The Labute approximate surface area is 206 Å². The van der Waals surface area contributed by atoms with Crippen LogP contribution in [0.25, 0.3) is 33.4 Å². The molecule has 0 spiro atoms. The molecule has 1 aliphatic rings. The van der Waals surface area contributed by atoms with Gasteiger partial charge in [-0.05, 0) is 83.9 Å². The Morgan fingerprint density at radius 2 is 1.32 bits per heavy atom. The number of rotatable bonds is 5. The van der Waals surface area contributed by atoms with Gasteiger partial charge in [0, 0.05) is 0 Å². The van der Waals surface area contributed by atoms with E-state index in [1.807, 2.05) is 13.8 Å². The molecule has 1 aliphatic carbocycles. The second kappa shape index (κ2) is 12.6. The predicted octanol–water partition coefficient (Wildman–Crippen LogP) is 10.3. The first-order valence-corrected chi connectivity index (χ1v) is 12.3. The lowest BCUT2D eigenvalue weighted by Crippen LogP contribution is -1.86. The molecule has 4 rings (SSSR count). The van der Waals surface area contributed by atoms with Crippen molar-refractivity contribution in [1.29, 1.82) is 0 Å². The first-order valence-electron chi connectivity index (χ1n) is 12.3. The smallest absolute Gasteiger partial charge is 0.0135 e. The molecular formula is C34H36. The lowest BCUT2D eigenvalue weighted by Gasteiger charge is -2.10. The van der Waals surface area contributed by atoms with E-state index in [1.165, 1.54) is 50.1 Å². The van der Waals surface area contributed by atoms with E-state index >= 15 is 0 Å². The normalized spacial score (nSPS) is 13.6. The van der Waals surface area contributed by atoms with Crippen molar-refractivity contribution < 1.29 is 0 Å². The predicted molar refractivity (Wildman–Crippen MR) is 153 cm³/mol. The molecule has 3 aromatic carbocycles. The summed E-state index contributed by atoms with van der Waals surface area (Å²) in [5, 5.41) is 0. The molecule has 0 fully saturated rings. The molecule has 0 nitrogen and oxygen atoms in total. The molecule has 0 aromatic heterocycles. The van der Waals surface area contributed by atoms with Gasteiger partial charge in [-0.25, -0.2) is 0 Å². The summed E-state index contributed by atoms with van der Waals surface area (Å²) in [5.41, 5.74) is 11.3. The number of hydrogen-bond acceptors (Lipinski definition) is 0. The SMILES string of the molecule is C/C=C\C(=C/C)c1cccc(-c2cccc(-c3ccc(C4=CC=C(C)CC=C4)cc3)c2)c1.CC. The Morgan fingerprint density at radius 3 is 2.00 bits per heavy atom. The van der Waals surface area contributed by atoms with Crippen LogP contribution < -0.4 is 0 Å². The van der Waals surface area contributed by atoms with Gasteiger partial charge >= 0.3 is 0 Å². The summed E-state index contributed by atoms with van der Waals surface area (Å²) >= 11 is 0. The van der Waals surface area contributed by atoms with E-state index in [-0.39, 0.29) is 0 Å². The summed E-state index contributed by atoms with van der Waals surface area (Å²) in [6.07, 6.45) is 16.3. The quantitative estimate of drug-likeness (QED) is 0.343. The molecule has 0 saturated carbocycles. The first kappa shape index (κ1) is 25.0. The van der Waals surface area contributed by atoms with Crippen LogP contribution in [0.3, 0.4) is 0 Å². The van der Waals surface area contributed by atoms with Gasteiger partial charge in [0.05, 0.1) is 0 Å². The molecule has 0 saturated heterocycles. The van der Waals surface area contributed by atoms with E-state index < -0.39 is 0 Å². The third kappa shape index (κ3) is 6.23. The number of allylic oxidation sites excluding steroid dienone is 10. The van der Waals surface area contributed by atoms with Crippen molar-refractivity contribution in [2.45, 2.75) is 41.0 Å². The fraction of sp³-hybridized carbons (Fsp3) is 0.176. The summed E-state index contributed by atoms with van der Waals surface area (Å²) in [5.74, 6) is 0. The summed E-state index contributed by atoms with van der Waals surface area (Å²) in [6, 6.07) is 26.5.